The molecule has 1 aromatic rings. The fourth-order valence-corrected chi connectivity index (χ4v) is 14.0. The van der Waals surface area contributed by atoms with Crippen LogP contribution in [0.2, 0.25) is 16.6 Å². The fourth-order valence-electron chi connectivity index (χ4n) is 6.73. The second kappa shape index (κ2) is 10.2. The smallest absolute Gasteiger partial charge is 0.410 e. The molecular formula is C27H41NO2Si. The average Bonchev–Trinajstić information content (AvgIpc) is 2.74. The van der Waals surface area contributed by atoms with Crippen LogP contribution in [0.4, 0.5) is 4.79 Å². The van der Waals surface area contributed by atoms with Crippen LogP contribution in [0.5, 0.6) is 5.75 Å². The average molecular weight is 440 g/mol. The third-order valence-electron chi connectivity index (χ3n) is 7.76. The van der Waals surface area contributed by atoms with E-state index < -0.39 is 8.07 Å². The van der Waals surface area contributed by atoms with Crippen LogP contribution < -0.4 is 4.74 Å². The zero-order chi connectivity index (χ0) is 22.6. The fraction of sp³-hybridized carbons (Fsp3) is 0.593. The first-order valence-corrected chi connectivity index (χ1v) is 14.5. The van der Waals surface area contributed by atoms with Crippen LogP contribution in [-0.4, -0.2) is 25.1 Å². The van der Waals surface area contributed by atoms with Crippen molar-refractivity contribution in [2.24, 2.45) is 5.92 Å². The highest BCUT2D eigenvalue weighted by molar-refractivity contribution is 6.90. The number of ether oxygens (including phenoxy) is 1. The molecule has 31 heavy (non-hydrogen) atoms. The van der Waals surface area contributed by atoms with E-state index in [1.54, 1.807) is 5.20 Å². The van der Waals surface area contributed by atoms with Crippen molar-refractivity contribution in [3.8, 4) is 5.75 Å². The molecule has 1 amide bonds. The monoisotopic (exact) mass is 439 g/mol. The second-order valence-electron chi connectivity index (χ2n) is 10.3. The van der Waals surface area contributed by atoms with Crippen LogP contribution in [0.25, 0.3) is 0 Å². The number of para-hydroxylation sites is 1. The van der Waals surface area contributed by atoms with Gasteiger partial charge in [0.1, 0.15) is 5.75 Å². The van der Waals surface area contributed by atoms with Crippen LogP contribution in [0.15, 0.2) is 53.9 Å². The Hall–Kier alpha value is -1.81. The molecule has 3 nitrogen and oxygen atoms in total. The van der Waals surface area contributed by atoms with Crippen LogP contribution in [-0.2, 0) is 0 Å². The molecule has 1 heterocycles. The lowest BCUT2D eigenvalue weighted by atomic mass is 9.82. The lowest BCUT2D eigenvalue weighted by Gasteiger charge is -2.51. The minimum atomic E-state index is -1.89. The van der Waals surface area contributed by atoms with Gasteiger partial charge >= 0.3 is 6.09 Å². The molecular weight excluding hydrogens is 398 g/mol. The summed E-state index contributed by atoms with van der Waals surface area (Å²) in [7, 11) is -1.89. The summed E-state index contributed by atoms with van der Waals surface area (Å²) in [6.45, 7) is 14.5. The van der Waals surface area contributed by atoms with Crippen molar-refractivity contribution < 1.29 is 9.53 Å². The summed E-state index contributed by atoms with van der Waals surface area (Å²) in [4.78, 5) is 15.4. The molecule has 1 aliphatic carbocycles. The Labute approximate surface area is 190 Å². The third-order valence-corrected chi connectivity index (χ3v) is 15.0. The molecule has 1 aromatic carbocycles. The number of allylic oxidation sites excluding steroid dienone is 2. The van der Waals surface area contributed by atoms with Crippen molar-refractivity contribution in [2.45, 2.75) is 96.3 Å². The van der Waals surface area contributed by atoms with E-state index in [1.807, 2.05) is 41.4 Å². The van der Waals surface area contributed by atoms with E-state index >= 15 is 0 Å². The molecule has 170 valence electrons. The van der Waals surface area contributed by atoms with Crippen LogP contribution in [0.1, 0.15) is 73.6 Å². The van der Waals surface area contributed by atoms with E-state index in [0.29, 0.717) is 28.3 Å². The first-order valence-electron chi connectivity index (χ1n) is 12.2. The molecule has 1 atom stereocenters. The number of benzene rings is 1. The third kappa shape index (κ3) is 4.69. The predicted octanol–water partition coefficient (Wildman–Crippen LogP) is 8.11. The molecule has 0 bridgehead atoms. The van der Waals surface area contributed by atoms with Crippen LogP contribution in [0.3, 0.4) is 0 Å². The quantitative estimate of drug-likeness (QED) is 0.419. The molecule has 3 rings (SSSR count). The van der Waals surface area contributed by atoms with E-state index in [0.717, 1.165) is 0 Å². The minimum Gasteiger partial charge on any atom is -0.410 e. The maximum atomic E-state index is 13.4. The van der Waals surface area contributed by atoms with Gasteiger partial charge in [-0.05, 0) is 53.6 Å². The second-order valence-corrected chi connectivity index (χ2v) is 16.2. The van der Waals surface area contributed by atoms with E-state index in [1.165, 1.54) is 32.1 Å². The molecule has 0 spiro atoms. The largest absolute Gasteiger partial charge is 0.419 e. The first-order chi connectivity index (χ1) is 14.8. The van der Waals surface area contributed by atoms with Gasteiger partial charge in [0.2, 0.25) is 0 Å². The molecule has 2 aliphatic rings. The van der Waals surface area contributed by atoms with Gasteiger partial charge in [0.25, 0.3) is 0 Å². The SMILES string of the molecule is CC(C)[Si](C1=CC=CN(C(=O)Oc2ccccc2)C1C1CCCCC1)(C(C)C)C(C)C. The zero-order valence-electron chi connectivity index (χ0n) is 20.3. The summed E-state index contributed by atoms with van der Waals surface area (Å²) in [5, 5.41) is 1.56. The van der Waals surface area contributed by atoms with Crippen molar-refractivity contribution in [1.29, 1.82) is 0 Å². The molecule has 1 unspecified atom stereocenters. The number of amides is 1. The minimum absolute atomic E-state index is 0.125. The molecule has 0 N–H and O–H groups in total. The van der Waals surface area contributed by atoms with Gasteiger partial charge < -0.3 is 4.74 Å². The van der Waals surface area contributed by atoms with Gasteiger partial charge in [-0.15, -0.1) is 0 Å². The van der Waals surface area contributed by atoms with E-state index in [4.69, 9.17) is 4.74 Å². The Balaban J connectivity index is 2.04. The summed E-state index contributed by atoms with van der Waals surface area (Å²) >= 11 is 0. The van der Waals surface area contributed by atoms with Crippen LogP contribution >= 0.6 is 0 Å². The summed E-state index contributed by atoms with van der Waals surface area (Å²) < 4.78 is 5.84. The predicted molar refractivity (Wildman–Crippen MR) is 133 cm³/mol. The molecule has 4 heteroatoms. The number of hydrogen-bond donors (Lipinski definition) is 0. The van der Waals surface area contributed by atoms with Crippen molar-refractivity contribution >= 4 is 14.2 Å². The Bertz CT molecular complexity index is 769. The first kappa shape index (κ1) is 23.8. The lowest BCUT2D eigenvalue weighted by Crippen LogP contribution is -2.57. The Morgan fingerprint density at radius 2 is 1.52 bits per heavy atom. The van der Waals surface area contributed by atoms with Crippen molar-refractivity contribution in [3.63, 3.8) is 0 Å². The Morgan fingerprint density at radius 3 is 2.06 bits per heavy atom. The van der Waals surface area contributed by atoms with Gasteiger partial charge in [0, 0.05) is 6.20 Å². The highest BCUT2D eigenvalue weighted by atomic mass is 28.3. The highest BCUT2D eigenvalue weighted by Crippen LogP contribution is 2.51. The van der Waals surface area contributed by atoms with Gasteiger partial charge in [0.05, 0.1) is 14.1 Å². The summed E-state index contributed by atoms with van der Waals surface area (Å²) in [5.41, 5.74) is 1.84. The van der Waals surface area contributed by atoms with Crippen LogP contribution in [0, 0.1) is 5.92 Å². The van der Waals surface area contributed by atoms with Crippen molar-refractivity contribution in [3.05, 3.63) is 53.9 Å². The lowest BCUT2D eigenvalue weighted by molar-refractivity contribution is 0.138. The maximum Gasteiger partial charge on any atom is 0.419 e. The van der Waals surface area contributed by atoms with Gasteiger partial charge in [-0.25, -0.2) is 4.79 Å². The zero-order valence-corrected chi connectivity index (χ0v) is 21.3. The van der Waals surface area contributed by atoms with E-state index in [9.17, 15) is 4.79 Å². The molecule has 0 saturated heterocycles. The van der Waals surface area contributed by atoms with Gasteiger partial charge in [0.15, 0.2) is 0 Å². The number of rotatable bonds is 6. The molecule has 1 saturated carbocycles. The number of carbonyl (C=O) groups is 1. The number of carbonyl (C=O) groups excluding carboxylic acids is 1. The summed E-state index contributed by atoms with van der Waals surface area (Å²) in [6, 6.07) is 9.60. The molecule has 1 fully saturated rings. The van der Waals surface area contributed by atoms with Crippen molar-refractivity contribution in [2.75, 3.05) is 0 Å². The van der Waals surface area contributed by atoms with E-state index in [-0.39, 0.29) is 12.1 Å². The molecule has 0 radical (unpaired) electrons. The number of hydrogen-bond acceptors (Lipinski definition) is 2. The number of nitrogens with zero attached hydrogens (tertiary/aromatic N) is 1. The van der Waals surface area contributed by atoms with Gasteiger partial charge in [-0.3, -0.25) is 4.90 Å². The maximum absolute atomic E-state index is 13.4. The topological polar surface area (TPSA) is 29.5 Å². The van der Waals surface area contributed by atoms with Crippen molar-refractivity contribution in [1.82, 2.24) is 4.90 Å². The summed E-state index contributed by atoms with van der Waals surface area (Å²) in [5.74, 6) is 1.12. The normalized spacial score (nSPS) is 20.5. The van der Waals surface area contributed by atoms with Gasteiger partial charge in [-0.1, -0.05) is 90.3 Å². The molecule has 0 aromatic heterocycles. The Morgan fingerprint density at radius 1 is 0.935 bits per heavy atom. The van der Waals surface area contributed by atoms with E-state index in [2.05, 4.69) is 53.7 Å². The standard InChI is InChI=1S/C27H41NO2Si/c1-20(2)31(21(3)4,22(5)6)25-18-13-19-28(26(25)23-14-9-7-10-15-23)27(29)30-24-16-11-8-12-17-24/h8,11-13,16-23,26H,7,9-10,14-15H2,1-6H3. The molecule has 1 aliphatic heterocycles. The highest BCUT2D eigenvalue weighted by Gasteiger charge is 2.51. The van der Waals surface area contributed by atoms with Gasteiger partial charge in [-0.2, -0.15) is 0 Å². The summed E-state index contributed by atoms with van der Waals surface area (Å²) in [6.07, 6.45) is 12.4. The Kier molecular flexibility index (Phi) is 7.85.